The summed E-state index contributed by atoms with van der Waals surface area (Å²) < 4.78 is 11.8. The third-order valence-corrected chi connectivity index (χ3v) is 4.70. The third kappa shape index (κ3) is 6.11. The molecule has 0 spiro atoms. The van der Waals surface area contributed by atoms with Gasteiger partial charge in [0.1, 0.15) is 22.8 Å². The van der Waals surface area contributed by atoms with Gasteiger partial charge in [-0.15, -0.1) is 0 Å². The highest BCUT2D eigenvalue weighted by atomic mass is 16.5. The maximum Gasteiger partial charge on any atom is 0.339 e. The van der Waals surface area contributed by atoms with E-state index in [9.17, 15) is 9.90 Å². The van der Waals surface area contributed by atoms with Gasteiger partial charge in [0.2, 0.25) is 0 Å². The van der Waals surface area contributed by atoms with E-state index in [2.05, 4.69) is 19.1 Å². The Kier molecular flexibility index (Phi) is 8.68. The van der Waals surface area contributed by atoms with E-state index < -0.39 is 5.97 Å². The number of carboxylic acid groups (broad SMARTS) is 1. The van der Waals surface area contributed by atoms with Gasteiger partial charge in [-0.2, -0.15) is 0 Å². The van der Waals surface area contributed by atoms with E-state index in [1.807, 2.05) is 65.0 Å². The van der Waals surface area contributed by atoms with Crippen molar-refractivity contribution in [1.82, 2.24) is 0 Å². The fourth-order valence-electron chi connectivity index (χ4n) is 3.25. The molecule has 0 fully saturated rings. The van der Waals surface area contributed by atoms with Crippen LogP contribution in [0.3, 0.4) is 0 Å². The first-order chi connectivity index (χ1) is 14.9. The topological polar surface area (TPSA) is 55.8 Å². The zero-order valence-electron chi connectivity index (χ0n) is 19.3. The Labute approximate surface area is 185 Å². The molecule has 4 heteroatoms. The number of aromatic carboxylic acids is 1. The van der Waals surface area contributed by atoms with E-state index >= 15 is 0 Å². The molecule has 0 amide bonds. The van der Waals surface area contributed by atoms with Gasteiger partial charge in [-0.3, -0.25) is 0 Å². The molecule has 0 aliphatic heterocycles. The molecule has 0 saturated carbocycles. The second-order valence-electron chi connectivity index (χ2n) is 7.22. The van der Waals surface area contributed by atoms with Crippen molar-refractivity contribution in [2.45, 2.75) is 48.0 Å². The number of benzene rings is 3. The van der Waals surface area contributed by atoms with Crippen LogP contribution in [0.5, 0.6) is 17.2 Å². The molecule has 0 radical (unpaired) electrons. The van der Waals surface area contributed by atoms with E-state index in [4.69, 9.17) is 9.47 Å². The van der Waals surface area contributed by atoms with Crippen molar-refractivity contribution in [2.75, 3.05) is 6.61 Å². The van der Waals surface area contributed by atoms with Gasteiger partial charge >= 0.3 is 5.97 Å². The minimum Gasteiger partial charge on any atom is -0.493 e. The lowest BCUT2D eigenvalue weighted by molar-refractivity contribution is 0.0694. The van der Waals surface area contributed by atoms with Gasteiger partial charge in [0.15, 0.2) is 0 Å². The first kappa shape index (κ1) is 24.0. The lowest BCUT2D eigenvalue weighted by Crippen LogP contribution is -2.01. The van der Waals surface area contributed by atoms with Crippen molar-refractivity contribution in [3.8, 4) is 28.4 Å². The van der Waals surface area contributed by atoms with Gasteiger partial charge in [-0.25, -0.2) is 4.79 Å². The van der Waals surface area contributed by atoms with E-state index in [0.29, 0.717) is 18.1 Å². The molecular weight excluding hydrogens is 388 g/mol. The van der Waals surface area contributed by atoms with Crippen LogP contribution in [-0.2, 0) is 0 Å². The van der Waals surface area contributed by atoms with Crippen molar-refractivity contribution in [1.29, 1.82) is 0 Å². The van der Waals surface area contributed by atoms with Gasteiger partial charge < -0.3 is 14.6 Å². The summed E-state index contributed by atoms with van der Waals surface area (Å²) >= 11 is 0. The maximum absolute atomic E-state index is 11.7. The Morgan fingerprint density at radius 3 is 2.03 bits per heavy atom. The largest absolute Gasteiger partial charge is 0.493 e. The van der Waals surface area contributed by atoms with Crippen LogP contribution in [0.1, 0.15) is 54.2 Å². The lowest BCUT2D eigenvalue weighted by atomic mass is 9.98. The molecule has 0 aromatic heterocycles. The number of aryl methyl sites for hydroxylation is 3. The number of carboxylic acids is 1. The SMILES string of the molecule is CC.CCCOc1c(C)cc(-c2ccc(C(=O)O)c(Oc3ccc(C)cc3)c2)cc1C. The van der Waals surface area contributed by atoms with Crippen molar-refractivity contribution in [2.24, 2.45) is 0 Å². The molecule has 1 N–H and O–H groups in total. The molecule has 0 aliphatic carbocycles. The van der Waals surface area contributed by atoms with Crippen LogP contribution < -0.4 is 9.47 Å². The van der Waals surface area contributed by atoms with Crippen LogP contribution in [-0.4, -0.2) is 17.7 Å². The summed E-state index contributed by atoms with van der Waals surface area (Å²) in [4.78, 5) is 11.7. The molecule has 31 heavy (non-hydrogen) atoms. The summed E-state index contributed by atoms with van der Waals surface area (Å²) in [5, 5.41) is 9.56. The molecule has 0 saturated heterocycles. The molecule has 0 bridgehead atoms. The van der Waals surface area contributed by atoms with Gasteiger partial charge in [0, 0.05) is 0 Å². The summed E-state index contributed by atoms with van der Waals surface area (Å²) in [6.45, 7) is 12.8. The Morgan fingerprint density at radius 1 is 0.871 bits per heavy atom. The smallest absolute Gasteiger partial charge is 0.339 e. The van der Waals surface area contributed by atoms with Crippen LogP contribution in [0, 0.1) is 20.8 Å². The molecule has 3 rings (SSSR count). The fraction of sp³-hybridized carbons (Fsp3) is 0.296. The first-order valence-electron chi connectivity index (χ1n) is 10.7. The molecule has 0 atom stereocenters. The quantitative estimate of drug-likeness (QED) is 0.428. The molecule has 4 nitrogen and oxygen atoms in total. The Hall–Kier alpha value is -3.27. The second-order valence-corrected chi connectivity index (χ2v) is 7.22. The average Bonchev–Trinajstić information content (AvgIpc) is 2.76. The number of ether oxygens (including phenoxy) is 2. The Bertz CT molecular complexity index is 997. The van der Waals surface area contributed by atoms with Crippen LogP contribution in [0.15, 0.2) is 54.6 Å². The lowest BCUT2D eigenvalue weighted by Gasteiger charge is -2.15. The van der Waals surface area contributed by atoms with E-state index in [1.54, 1.807) is 12.1 Å². The summed E-state index contributed by atoms with van der Waals surface area (Å²) in [7, 11) is 0. The number of hydrogen-bond acceptors (Lipinski definition) is 3. The van der Waals surface area contributed by atoms with Gasteiger partial charge in [-0.05, 0) is 85.8 Å². The molecular formula is C27H32O4. The molecule has 0 heterocycles. The van der Waals surface area contributed by atoms with Crippen LogP contribution in [0.4, 0.5) is 0 Å². The van der Waals surface area contributed by atoms with Crippen LogP contribution in [0.25, 0.3) is 11.1 Å². The highest BCUT2D eigenvalue weighted by Gasteiger charge is 2.15. The van der Waals surface area contributed by atoms with Gasteiger partial charge in [0.25, 0.3) is 0 Å². The molecule has 3 aromatic carbocycles. The standard InChI is InChI=1S/C25H26O4.C2H6/c1-5-12-28-24-17(3)13-20(14-18(24)4)19-8-11-22(25(26)27)23(15-19)29-21-9-6-16(2)7-10-21;1-2/h6-11,13-15H,5,12H2,1-4H3,(H,26,27);1-2H3. The van der Waals surface area contributed by atoms with E-state index in [0.717, 1.165) is 40.0 Å². The molecule has 164 valence electrons. The highest BCUT2D eigenvalue weighted by molar-refractivity contribution is 5.92. The summed E-state index contributed by atoms with van der Waals surface area (Å²) in [5.74, 6) is 0.814. The highest BCUT2D eigenvalue weighted by Crippen LogP contribution is 2.34. The first-order valence-corrected chi connectivity index (χ1v) is 10.7. The second kappa shape index (κ2) is 11.2. The third-order valence-electron chi connectivity index (χ3n) is 4.70. The molecule has 0 unspecified atom stereocenters. The van der Waals surface area contributed by atoms with Gasteiger partial charge in [-0.1, -0.05) is 44.5 Å². The summed E-state index contributed by atoms with van der Waals surface area (Å²) in [5.41, 5.74) is 5.24. The summed E-state index contributed by atoms with van der Waals surface area (Å²) in [6.07, 6.45) is 0.955. The average molecular weight is 421 g/mol. The fourth-order valence-corrected chi connectivity index (χ4v) is 3.25. The van der Waals surface area contributed by atoms with Crippen molar-refractivity contribution >= 4 is 5.97 Å². The van der Waals surface area contributed by atoms with Crippen molar-refractivity contribution in [3.05, 3.63) is 76.9 Å². The maximum atomic E-state index is 11.7. The van der Waals surface area contributed by atoms with Crippen LogP contribution in [0.2, 0.25) is 0 Å². The molecule has 3 aromatic rings. The Balaban J connectivity index is 0.00000166. The number of carbonyl (C=O) groups is 1. The number of hydrogen-bond donors (Lipinski definition) is 1. The minimum absolute atomic E-state index is 0.130. The van der Waals surface area contributed by atoms with Gasteiger partial charge in [0.05, 0.1) is 6.61 Å². The molecule has 0 aliphatic rings. The predicted octanol–water partition coefficient (Wildman–Crippen LogP) is 7.58. The minimum atomic E-state index is -1.02. The number of rotatable bonds is 7. The predicted molar refractivity (Wildman–Crippen MR) is 127 cm³/mol. The normalized spacial score (nSPS) is 10.1. The zero-order chi connectivity index (χ0) is 23.0. The van der Waals surface area contributed by atoms with Crippen LogP contribution >= 0.6 is 0 Å². The Morgan fingerprint density at radius 2 is 1.48 bits per heavy atom. The zero-order valence-corrected chi connectivity index (χ0v) is 19.3. The van der Waals surface area contributed by atoms with E-state index in [-0.39, 0.29) is 5.56 Å². The van der Waals surface area contributed by atoms with Crippen molar-refractivity contribution in [3.63, 3.8) is 0 Å². The van der Waals surface area contributed by atoms with Crippen molar-refractivity contribution < 1.29 is 19.4 Å². The summed E-state index contributed by atoms with van der Waals surface area (Å²) in [6, 6.07) is 16.8. The van der Waals surface area contributed by atoms with E-state index in [1.165, 1.54) is 0 Å². The monoisotopic (exact) mass is 420 g/mol.